The van der Waals surface area contributed by atoms with Gasteiger partial charge in [0.2, 0.25) is 5.91 Å². The summed E-state index contributed by atoms with van der Waals surface area (Å²) in [4.78, 5) is 12.3. The first-order valence-corrected chi connectivity index (χ1v) is 8.14. The molecule has 0 spiro atoms. The smallest absolute Gasteiger partial charge is 0.224 e. The van der Waals surface area contributed by atoms with Crippen molar-refractivity contribution in [3.05, 3.63) is 53.6 Å². The molecule has 0 bridgehead atoms. The van der Waals surface area contributed by atoms with Gasteiger partial charge in [-0.15, -0.1) is 0 Å². The largest absolute Gasteiger partial charge is 0.497 e. The number of anilines is 1. The number of methoxy groups -OCH3 is 2. The maximum atomic E-state index is 12.3. The maximum Gasteiger partial charge on any atom is 0.224 e. The van der Waals surface area contributed by atoms with Crippen molar-refractivity contribution in [2.75, 3.05) is 19.5 Å². The fourth-order valence-electron chi connectivity index (χ4n) is 2.60. The molecular formula is C20H25NO3. The standard InChI is InChI=1S/C20H25NO3/c1-14(2)18-7-5-6-8-19(18)21-20(22)10-9-15-11-16(23-3)13-17(12-15)24-4/h5-8,11-14H,9-10H2,1-4H3,(H,21,22). The molecule has 4 heteroatoms. The number of hydrogen-bond donors (Lipinski definition) is 1. The fourth-order valence-corrected chi connectivity index (χ4v) is 2.60. The van der Waals surface area contributed by atoms with Crippen LogP contribution in [0.15, 0.2) is 42.5 Å². The fraction of sp³-hybridized carbons (Fsp3) is 0.350. The van der Waals surface area contributed by atoms with Crippen LogP contribution in [-0.2, 0) is 11.2 Å². The Morgan fingerprint density at radius 3 is 2.25 bits per heavy atom. The van der Waals surface area contributed by atoms with Crippen LogP contribution in [0.2, 0.25) is 0 Å². The summed E-state index contributed by atoms with van der Waals surface area (Å²) in [5, 5.41) is 3.02. The minimum Gasteiger partial charge on any atom is -0.497 e. The van der Waals surface area contributed by atoms with Gasteiger partial charge < -0.3 is 14.8 Å². The van der Waals surface area contributed by atoms with Crippen molar-refractivity contribution in [1.29, 1.82) is 0 Å². The van der Waals surface area contributed by atoms with E-state index < -0.39 is 0 Å². The Balaban J connectivity index is 2.01. The minimum atomic E-state index is 0.00452. The number of aryl methyl sites for hydroxylation is 1. The molecule has 4 nitrogen and oxygen atoms in total. The first kappa shape index (κ1) is 17.9. The predicted molar refractivity (Wildman–Crippen MR) is 97.0 cm³/mol. The van der Waals surface area contributed by atoms with Gasteiger partial charge in [-0.05, 0) is 41.7 Å². The highest BCUT2D eigenvalue weighted by Gasteiger charge is 2.10. The lowest BCUT2D eigenvalue weighted by Gasteiger charge is -2.14. The molecule has 0 aliphatic heterocycles. The highest BCUT2D eigenvalue weighted by atomic mass is 16.5. The quantitative estimate of drug-likeness (QED) is 0.820. The van der Waals surface area contributed by atoms with Crippen molar-refractivity contribution >= 4 is 11.6 Å². The van der Waals surface area contributed by atoms with E-state index in [9.17, 15) is 4.79 Å². The Bertz CT molecular complexity index is 673. The maximum absolute atomic E-state index is 12.3. The third-order valence-electron chi connectivity index (χ3n) is 3.91. The molecule has 0 saturated heterocycles. The molecule has 0 radical (unpaired) electrons. The normalized spacial score (nSPS) is 10.5. The topological polar surface area (TPSA) is 47.6 Å². The number of benzene rings is 2. The Morgan fingerprint density at radius 2 is 1.67 bits per heavy atom. The molecule has 2 aromatic rings. The van der Waals surface area contributed by atoms with E-state index in [0.29, 0.717) is 18.8 Å². The van der Waals surface area contributed by atoms with Gasteiger partial charge in [-0.2, -0.15) is 0 Å². The zero-order valence-corrected chi connectivity index (χ0v) is 14.8. The zero-order chi connectivity index (χ0) is 17.5. The van der Waals surface area contributed by atoms with Gasteiger partial charge in [-0.25, -0.2) is 0 Å². The number of rotatable bonds is 7. The summed E-state index contributed by atoms with van der Waals surface area (Å²) in [5.74, 6) is 1.83. The molecule has 1 amide bonds. The minimum absolute atomic E-state index is 0.00452. The number of carbonyl (C=O) groups excluding carboxylic acids is 1. The number of hydrogen-bond acceptors (Lipinski definition) is 3. The molecule has 0 aromatic heterocycles. The van der Waals surface area contributed by atoms with Crippen molar-refractivity contribution in [2.24, 2.45) is 0 Å². The summed E-state index contributed by atoms with van der Waals surface area (Å²) in [6.07, 6.45) is 1.03. The van der Waals surface area contributed by atoms with Crippen LogP contribution < -0.4 is 14.8 Å². The van der Waals surface area contributed by atoms with Crippen molar-refractivity contribution in [2.45, 2.75) is 32.6 Å². The van der Waals surface area contributed by atoms with E-state index in [0.717, 1.165) is 28.3 Å². The Hall–Kier alpha value is -2.49. The van der Waals surface area contributed by atoms with Crippen LogP contribution in [0.4, 0.5) is 5.69 Å². The van der Waals surface area contributed by atoms with Gasteiger partial charge in [0, 0.05) is 18.2 Å². The third-order valence-corrected chi connectivity index (χ3v) is 3.91. The first-order chi connectivity index (χ1) is 11.5. The SMILES string of the molecule is COc1cc(CCC(=O)Nc2ccccc2C(C)C)cc(OC)c1. The molecule has 0 fully saturated rings. The van der Waals surface area contributed by atoms with Crippen molar-refractivity contribution < 1.29 is 14.3 Å². The molecule has 2 aromatic carbocycles. The van der Waals surface area contributed by atoms with Gasteiger partial charge >= 0.3 is 0 Å². The average Bonchev–Trinajstić information content (AvgIpc) is 2.59. The summed E-state index contributed by atoms with van der Waals surface area (Å²) < 4.78 is 10.5. The van der Waals surface area contributed by atoms with Gasteiger partial charge in [-0.1, -0.05) is 32.0 Å². The van der Waals surface area contributed by atoms with Gasteiger partial charge in [-0.3, -0.25) is 4.79 Å². The molecule has 0 aliphatic carbocycles. The van der Waals surface area contributed by atoms with Crippen LogP contribution >= 0.6 is 0 Å². The number of amides is 1. The molecule has 0 aliphatic rings. The van der Waals surface area contributed by atoms with E-state index in [4.69, 9.17) is 9.47 Å². The lowest BCUT2D eigenvalue weighted by atomic mass is 10.0. The Kier molecular flexibility index (Phi) is 6.24. The molecule has 1 N–H and O–H groups in total. The molecule has 0 atom stereocenters. The summed E-state index contributed by atoms with van der Waals surface area (Å²) in [5.41, 5.74) is 3.05. The first-order valence-electron chi connectivity index (χ1n) is 8.14. The lowest BCUT2D eigenvalue weighted by Crippen LogP contribution is -2.14. The van der Waals surface area contributed by atoms with Crippen LogP contribution in [0.5, 0.6) is 11.5 Å². The molecular weight excluding hydrogens is 302 g/mol. The lowest BCUT2D eigenvalue weighted by molar-refractivity contribution is -0.116. The summed E-state index contributed by atoms with van der Waals surface area (Å²) >= 11 is 0. The molecule has 24 heavy (non-hydrogen) atoms. The van der Waals surface area contributed by atoms with E-state index in [1.165, 1.54) is 0 Å². The van der Waals surface area contributed by atoms with Gasteiger partial charge in [0.05, 0.1) is 14.2 Å². The van der Waals surface area contributed by atoms with Gasteiger partial charge in [0.15, 0.2) is 0 Å². The average molecular weight is 327 g/mol. The van der Waals surface area contributed by atoms with Crippen molar-refractivity contribution in [3.8, 4) is 11.5 Å². The molecule has 0 unspecified atom stereocenters. The zero-order valence-electron chi connectivity index (χ0n) is 14.8. The monoisotopic (exact) mass is 327 g/mol. The number of para-hydroxylation sites is 1. The summed E-state index contributed by atoms with van der Waals surface area (Å²) in [6, 6.07) is 13.6. The van der Waals surface area contributed by atoms with E-state index in [1.54, 1.807) is 14.2 Å². The van der Waals surface area contributed by atoms with E-state index in [-0.39, 0.29) is 5.91 Å². The predicted octanol–water partition coefficient (Wildman–Crippen LogP) is 4.40. The van der Waals surface area contributed by atoms with Crippen LogP contribution in [0, 0.1) is 0 Å². The Labute approximate surface area is 143 Å². The molecule has 0 heterocycles. The van der Waals surface area contributed by atoms with Gasteiger partial charge in [0.25, 0.3) is 0 Å². The number of ether oxygens (including phenoxy) is 2. The molecule has 128 valence electrons. The second-order valence-corrected chi connectivity index (χ2v) is 6.01. The van der Waals surface area contributed by atoms with E-state index in [1.807, 2.05) is 42.5 Å². The van der Waals surface area contributed by atoms with E-state index >= 15 is 0 Å². The molecule has 2 rings (SSSR count). The van der Waals surface area contributed by atoms with Crippen LogP contribution in [0.3, 0.4) is 0 Å². The van der Waals surface area contributed by atoms with Crippen LogP contribution in [0.25, 0.3) is 0 Å². The van der Waals surface area contributed by atoms with Crippen LogP contribution in [-0.4, -0.2) is 20.1 Å². The van der Waals surface area contributed by atoms with Gasteiger partial charge in [0.1, 0.15) is 11.5 Å². The summed E-state index contributed by atoms with van der Waals surface area (Å²) in [7, 11) is 3.24. The summed E-state index contributed by atoms with van der Waals surface area (Å²) in [6.45, 7) is 4.24. The third kappa shape index (κ3) is 4.75. The van der Waals surface area contributed by atoms with Crippen molar-refractivity contribution in [1.82, 2.24) is 0 Å². The second kappa shape index (κ2) is 8.39. The Morgan fingerprint density at radius 1 is 1.04 bits per heavy atom. The highest BCUT2D eigenvalue weighted by molar-refractivity contribution is 5.91. The van der Waals surface area contributed by atoms with Crippen molar-refractivity contribution in [3.63, 3.8) is 0 Å². The second-order valence-electron chi connectivity index (χ2n) is 6.01. The van der Waals surface area contributed by atoms with E-state index in [2.05, 4.69) is 19.2 Å². The molecule has 0 saturated carbocycles. The highest BCUT2D eigenvalue weighted by Crippen LogP contribution is 2.25. The number of carbonyl (C=O) groups is 1. The van der Waals surface area contributed by atoms with Crippen LogP contribution in [0.1, 0.15) is 37.3 Å². The number of nitrogens with one attached hydrogen (secondary N) is 1.